The minimum Gasteiger partial charge on any atom is -0.369 e. The maximum atomic E-state index is 13.2. The fraction of sp³-hybridized carbons (Fsp3) is 0.471. The number of anilines is 1. The van der Waals surface area contributed by atoms with Crippen LogP contribution in [0.2, 0.25) is 0 Å². The third-order valence-corrected chi connectivity index (χ3v) is 4.68. The first kappa shape index (κ1) is 17.3. The fourth-order valence-corrected chi connectivity index (χ4v) is 3.54. The summed E-state index contributed by atoms with van der Waals surface area (Å²) in [4.78, 5) is 3.65. The van der Waals surface area contributed by atoms with Crippen LogP contribution in [-0.2, 0) is 6.18 Å². The summed E-state index contributed by atoms with van der Waals surface area (Å²) in [5.41, 5.74) is -0.737. The summed E-state index contributed by atoms with van der Waals surface area (Å²) in [5.74, 6) is 0. The van der Waals surface area contributed by atoms with Crippen molar-refractivity contribution in [3.8, 4) is 6.07 Å². The lowest BCUT2D eigenvalue weighted by atomic mass is 10.1. The molecular weight excluding hydrogens is 331 g/mol. The van der Waals surface area contributed by atoms with E-state index in [0.717, 1.165) is 25.3 Å². The number of nitrogens with zero attached hydrogens (tertiary/aromatic N) is 5. The zero-order valence-corrected chi connectivity index (χ0v) is 13.7. The van der Waals surface area contributed by atoms with Crippen LogP contribution >= 0.6 is 0 Å². The second kappa shape index (κ2) is 6.75. The Labute approximate surface area is 143 Å². The molecular formula is C17H18F3N5. The van der Waals surface area contributed by atoms with Crippen molar-refractivity contribution in [1.29, 1.82) is 5.26 Å². The summed E-state index contributed by atoms with van der Waals surface area (Å²) in [6.07, 6.45) is 1.24. The Morgan fingerprint density at radius 2 is 2.00 bits per heavy atom. The number of nitriles is 1. The van der Waals surface area contributed by atoms with E-state index in [0.29, 0.717) is 12.2 Å². The van der Waals surface area contributed by atoms with Crippen molar-refractivity contribution >= 4 is 5.69 Å². The molecule has 0 N–H and O–H groups in total. The van der Waals surface area contributed by atoms with Gasteiger partial charge in [-0.3, -0.25) is 0 Å². The van der Waals surface area contributed by atoms with E-state index >= 15 is 0 Å². The number of halogens is 3. The maximum Gasteiger partial charge on any atom is 0.417 e. The van der Waals surface area contributed by atoms with Crippen LogP contribution in [0.5, 0.6) is 0 Å². The highest BCUT2D eigenvalue weighted by Gasteiger charge is 2.36. The van der Waals surface area contributed by atoms with Crippen LogP contribution in [0.3, 0.4) is 0 Å². The van der Waals surface area contributed by atoms with Crippen molar-refractivity contribution in [3.05, 3.63) is 41.7 Å². The van der Waals surface area contributed by atoms with E-state index in [1.165, 1.54) is 6.07 Å². The van der Waals surface area contributed by atoms with Gasteiger partial charge in [-0.05, 0) is 44.4 Å². The minimum absolute atomic E-state index is 0.120. The standard InChI is InChI=1S/C17H18F3N5/c1-2-24(13-5-6-15(9-13)25-22-7-8-23-25)14-4-3-12(11-21)16(10-14)17(18,19)20/h3-4,7-8,10,13,15H,2,5-6,9H2,1H3. The van der Waals surface area contributed by atoms with Gasteiger partial charge in [0.1, 0.15) is 0 Å². The monoisotopic (exact) mass is 349 g/mol. The van der Waals surface area contributed by atoms with E-state index in [9.17, 15) is 13.2 Å². The largest absolute Gasteiger partial charge is 0.417 e. The molecule has 5 nitrogen and oxygen atoms in total. The molecule has 1 saturated carbocycles. The van der Waals surface area contributed by atoms with Crippen molar-refractivity contribution in [1.82, 2.24) is 15.0 Å². The summed E-state index contributed by atoms with van der Waals surface area (Å²) in [5, 5.41) is 17.3. The molecule has 0 aliphatic heterocycles. The Balaban J connectivity index is 1.86. The molecule has 0 spiro atoms. The molecule has 25 heavy (non-hydrogen) atoms. The third-order valence-electron chi connectivity index (χ3n) is 4.68. The predicted octanol–water partition coefficient (Wildman–Crippen LogP) is 3.79. The van der Waals surface area contributed by atoms with E-state index < -0.39 is 11.7 Å². The summed E-state index contributed by atoms with van der Waals surface area (Å²) >= 11 is 0. The summed E-state index contributed by atoms with van der Waals surface area (Å²) in [6.45, 7) is 2.51. The molecule has 1 aromatic heterocycles. The lowest BCUT2D eigenvalue weighted by Gasteiger charge is -2.31. The summed E-state index contributed by atoms with van der Waals surface area (Å²) in [7, 11) is 0. The maximum absolute atomic E-state index is 13.2. The lowest BCUT2D eigenvalue weighted by Crippen LogP contribution is -2.33. The van der Waals surface area contributed by atoms with E-state index in [2.05, 4.69) is 10.2 Å². The molecule has 1 heterocycles. The van der Waals surface area contributed by atoms with Crippen LogP contribution < -0.4 is 4.90 Å². The highest BCUT2D eigenvalue weighted by atomic mass is 19.4. The van der Waals surface area contributed by atoms with E-state index in [-0.39, 0.29) is 17.6 Å². The molecule has 1 fully saturated rings. The van der Waals surface area contributed by atoms with E-state index in [1.54, 1.807) is 29.3 Å². The van der Waals surface area contributed by atoms with Crippen LogP contribution in [0, 0.1) is 11.3 Å². The fourth-order valence-electron chi connectivity index (χ4n) is 3.54. The van der Waals surface area contributed by atoms with Crippen LogP contribution in [0.4, 0.5) is 18.9 Å². The van der Waals surface area contributed by atoms with Crippen molar-refractivity contribution < 1.29 is 13.2 Å². The van der Waals surface area contributed by atoms with Crippen molar-refractivity contribution in [3.63, 3.8) is 0 Å². The quantitative estimate of drug-likeness (QED) is 0.843. The van der Waals surface area contributed by atoms with Crippen molar-refractivity contribution in [2.24, 2.45) is 0 Å². The van der Waals surface area contributed by atoms with Gasteiger partial charge in [0.25, 0.3) is 0 Å². The van der Waals surface area contributed by atoms with Gasteiger partial charge in [-0.1, -0.05) is 0 Å². The highest BCUT2D eigenvalue weighted by Crippen LogP contribution is 2.38. The van der Waals surface area contributed by atoms with E-state index in [4.69, 9.17) is 5.26 Å². The number of alkyl halides is 3. The molecule has 132 valence electrons. The van der Waals surface area contributed by atoms with Crippen molar-refractivity contribution in [2.45, 2.75) is 44.4 Å². The Bertz CT molecular complexity index is 764. The predicted molar refractivity (Wildman–Crippen MR) is 85.9 cm³/mol. The zero-order valence-electron chi connectivity index (χ0n) is 13.7. The van der Waals surface area contributed by atoms with Gasteiger partial charge in [0.2, 0.25) is 0 Å². The van der Waals surface area contributed by atoms with Gasteiger partial charge in [0, 0.05) is 18.3 Å². The number of aromatic nitrogens is 3. The Morgan fingerprint density at radius 3 is 2.60 bits per heavy atom. The first-order valence-corrected chi connectivity index (χ1v) is 8.17. The van der Waals surface area contributed by atoms with Crippen LogP contribution in [-0.4, -0.2) is 27.6 Å². The second-order valence-electron chi connectivity index (χ2n) is 6.10. The van der Waals surface area contributed by atoms with Gasteiger partial charge in [-0.15, -0.1) is 0 Å². The highest BCUT2D eigenvalue weighted by molar-refractivity contribution is 5.55. The molecule has 3 rings (SSSR count). The molecule has 2 aromatic rings. The average Bonchev–Trinajstić information content (AvgIpc) is 3.26. The number of hydrogen-bond donors (Lipinski definition) is 0. The van der Waals surface area contributed by atoms with Gasteiger partial charge in [0.15, 0.2) is 0 Å². The van der Waals surface area contributed by atoms with Gasteiger partial charge in [-0.25, -0.2) is 0 Å². The first-order chi connectivity index (χ1) is 11.9. The molecule has 2 unspecified atom stereocenters. The average molecular weight is 349 g/mol. The Hall–Kier alpha value is -2.56. The molecule has 0 radical (unpaired) electrons. The minimum atomic E-state index is -4.54. The number of benzene rings is 1. The zero-order chi connectivity index (χ0) is 18.0. The van der Waals surface area contributed by atoms with E-state index in [1.807, 2.05) is 11.8 Å². The SMILES string of the molecule is CCN(c1ccc(C#N)c(C(F)(F)F)c1)C1CCC(n2nccn2)C1. The first-order valence-electron chi connectivity index (χ1n) is 8.17. The molecule has 8 heteroatoms. The number of hydrogen-bond acceptors (Lipinski definition) is 4. The summed E-state index contributed by atoms with van der Waals surface area (Å²) < 4.78 is 39.7. The molecule has 1 aliphatic rings. The van der Waals surface area contributed by atoms with Gasteiger partial charge in [-0.2, -0.15) is 33.4 Å². The van der Waals surface area contributed by atoms with Crippen LogP contribution in [0.25, 0.3) is 0 Å². The second-order valence-corrected chi connectivity index (χ2v) is 6.10. The van der Waals surface area contributed by atoms with Crippen LogP contribution in [0.15, 0.2) is 30.6 Å². The topological polar surface area (TPSA) is 57.7 Å². The van der Waals surface area contributed by atoms with Crippen LogP contribution in [0.1, 0.15) is 43.4 Å². The Morgan fingerprint density at radius 1 is 1.28 bits per heavy atom. The molecule has 0 bridgehead atoms. The lowest BCUT2D eigenvalue weighted by molar-refractivity contribution is -0.137. The third kappa shape index (κ3) is 3.45. The smallest absolute Gasteiger partial charge is 0.369 e. The molecule has 1 aromatic carbocycles. The normalized spacial score (nSPS) is 20.4. The van der Waals surface area contributed by atoms with Gasteiger partial charge in [0.05, 0.1) is 35.6 Å². The number of rotatable bonds is 4. The van der Waals surface area contributed by atoms with Gasteiger partial charge < -0.3 is 4.90 Å². The summed E-state index contributed by atoms with van der Waals surface area (Å²) in [6, 6.07) is 5.84. The Kier molecular flexibility index (Phi) is 4.66. The molecule has 2 atom stereocenters. The van der Waals surface area contributed by atoms with Gasteiger partial charge >= 0.3 is 6.18 Å². The van der Waals surface area contributed by atoms with Crippen molar-refractivity contribution in [2.75, 3.05) is 11.4 Å². The molecule has 1 aliphatic carbocycles. The molecule has 0 amide bonds. The molecule has 0 saturated heterocycles.